The van der Waals surface area contributed by atoms with Gasteiger partial charge in [-0.2, -0.15) is 0 Å². The Balaban J connectivity index is 1.91. The molecule has 1 saturated heterocycles. The average Bonchev–Trinajstić information content (AvgIpc) is 2.59. The molecule has 0 bridgehead atoms. The summed E-state index contributed by atoms with van der Waals surface area (Å²) >= 11 is 0. The third-order valence-electron chi connectivity index (χ3n) is 3.56. The van der Waals surface area contributed by atoms with Gasteiger partial charge in [-0.3, -0.25) is 4.98 Å². The smallest absolute Gasteiger partial charge is 0.0315 e. The predicted molar refractivity (Wildman–Crippen MR) is 66.3 cm³/mol. The molecular formula is C13H21N3. The molecule has 2 unspecified atom stereocenters. The molecule has 1 aliphatic heterocycles. The number of rotatable bonds is 3. The normalized spacial score (nSPS) is 28.2. The minimum atomic E-state index is 0.386. The highest BCUT2D eigenvalue weighted by atomic mass is 15.2. The predicted octanol–water partition coefficient (Wildman–Crippen LogP) is 1.82. The summed E-state index contributed by atoms with van der Waals surface area (Å²) in [7, 11) is 2.20. The van der Waals surface area contributed by atoms with Crippen molar-refractivity contribution in [2.75, 3.05) is 13.6 Å². The maximum absolute atomic E-state index is 4.16. The van der Waals surface area contributed by atoms with Crippen LogP contribution in [0.2, 0.25) is 0 Å². The number of nitrogens with zero attached hydrogens (tertiary/aromatic N) is 2. The van der Waals surface area contributed by atoms with E-state index in [9.17, 15) is 0 Å². The van der Waals surface area contributed by atoms with Gasteiger partial charge in [0, 0.05) is 37.1 Å². The van der Waals surface area contributed by atoms with Crippen LogP contribution >= 0.6 is 0 Å². The molecule has 0 aliphatic carbocycles. The number of hydrogen-bond acceptors (Lipinski definition) is 3. The van der Waals surface area contributed by atoms with Crippen LogP contribution in [0.1, 0.15) is 31.9 Å². The van der Waals surface area contributed by atoms with E-state index in [4.69, 9.17) is 0 Å². The van der Waals surface area contributed by atoms with Crippen LogP contribution in [0.15, 0.2) is 24.5 Å². The topological polar surface area (TPSA) is 28.2 Å². The second-order valence-corrected chi connectivity index (χ2v) is 4.90. The quantitative estimate of drug-likeness (QED) is 0.840. The fourth-order valence-corrected chi connectivity index (χ4v) is 2.40. The van der Waals surface area contributed by atoms with Gasteiger partial charge in [0.2, 0.25) is 0 Å². The molecule has 3 atom stereocenters. The Hall–Kier alpha value is -0.930. The summed E-state index contributed by atoms with van der Waals surface area (Å²) in [6.07, 6.45) is 5.00. The number of pyridine rings is 1. The molecule has 2 rings (SSSR count). The molecule has 3 nitrogen and oxygen atoms in total. The van der Waals surface area contributed by atoms with Gasteiger partial charge in [0.25, 0.3) is 0 Å². The molecule has 2 heterocycles. The first kappa shape index (κ1) is 11.6. The standard InChI is InChI=1S/C13H21N3/c1-10-7-13(9-16(10)3)15-11(2)12-5-4-6-14-8-12/h4-6,8,10-11,13,15H,7,9H2,1-3H3/t10?,11-,13?/m1/s1. The lowest BCUT2D eigenvalue weighted by Gasteiger charge is -2.19. The van der Waals surface area contributed by atoms with Gasteiger partial charge in [-0.05, 0) is 38.9 Å². The van der Waals surface area contributed by atoms with E-state index < -0.39 is 0 Å². The number of aromatic nitrogens is 1. The Morgan fingerprint density at radius 3 is 2.94 bits per heavy atom. The van der Waals surface area contributed by atoms with Crippen LogP contribution < -0.4 is 5.32 Å². The Morgan fingerprint density at radius 2 is 2.38 bits per heavy atom. The first-order valence-corrected chi connectivity index (χ1v) is 6.03. The number of likely N-dealkylation sites (N-methyl/N-ethyl adjacent to an activating group) is 1. The van der Waals surface area contributed by atoms with Crippen LogP contribution in [0.3, 0.4) is 0 Å². The van der Waals surface area contributed by atoms with Crippen LogP contribution in [0, 0.1) is 0 Å². The van der Waals surface area contributed by atoms with Gasteiger partial charge in [-0.25, -0.2) is 0 Å². The molecule has 1 N–H and O–H groups in total. The Bertz CT molecular complexity index is 315. The first-order valence-electron chi connectivity index (χ1n) is 6.03. The number of likely N-dealkylation sites (tertiary alicyclic amines) is 1. The summed E-state index contributed by atoms with van der Waals surface area (Å²) in [5, 5.41) is 3.67. The van der Waals surface area contributed by atoms with Gasteiger partial charge in [0.05, 0.1) is 0 Å². The van der Waals surface area contributed by atoms with E-state index in [1.165, 1.54) is 12.0 Å². The van der Waals surface area contributed by atoms with Crippen molar-refractivity contribution >= 4 is 0 Å². The SMILES string of the molecule is CC1CC(N[C@H](C)c2cccnc2)CN1C. The fraction of sp³-hybridized carbons (Fsp3) is 0.615. The van der Waals surface area contributed by atoms with Crippen molar-refractivity contribution < 1.29 is 0 Å². The highest BCUT2D eigenvalue weighted by Gasteiger charge is 2.26. The minimum absolute atomic E-state index is 0.386. The second-order valence-electron chi connectivity index (χ2n) is 4.90. The van der Waals surface area contributed by atoms with Crippen molar-refractivity contribution in [1.29, 1.82) is 0 Å². The molecule has 1 aromatic heterocycles. The van der Waals surface area contributed by atoms with E-state index >= 15 is 0 Å². The summed E-state index contributed by atoms with van der Waals surface area (Å²) in [5.74, 6) is 0. The van der Waals surface area contributed by atoms with Gasteiger partial charge in [0.1, 0.15) is 0 Å². The monoisotopic (exact) mass is 219 g/mol. The van der Waals surface area contributed by atoms with E-state index in [1.807, 2.05) is 18.5 Å². The fourth-order valence-electron chi connectivity index (χ4n) is 2.40. The summed E-state index contributed by atoms with van der Waals surface area (Å²) in [6.45, 7) is 5.64. The van der Waals surface area contributed by atoms with Crippen molar-refractivity contribution in [2.24, 2.45) is 0 Å². The van der Waals surface area contributed by atoms with Crippen molar-refractivity contribution in [3.63, 3.8) is 0 Å². The molecule has 1 aromatic rings. The summed E-state index contributed by atoms with van der Waals surface area (Å²) < 4.78 is 0. The third-order valence-corrected chi connectivity index (χ3v) is 3.56. The maximum Gasteiger partial charge on any atom is 0.0315 e. The van der Waals surface area contributed by atoms with Crippen molar-refractivity contribution in [3.8, 4) is 0 Å². The number of hydrogen-bond donors (Lipinski definition) is 1. The zero-order valence-electron chi connectivity index (χ0n) is 10.4. The van der Waals surface area contributed by atoms with Crippen LogP contribution in [0.25, 0.3) is 0 Å². The maximum atomic E-state index is 4.16. The zero-order valence-corrected chi connectivity index (χ0v) is 10.4. The lowest BCUT2D eigenvalue weighted by atomic mass is 10.1. The van der Waals surface area contributed by atoms with Crippen molar-refractivity contribution in [3.05, 3.63) is 30.1 Å². The Labute approximate surface area is 97.9 Å². The van der Waals surface area contributed by atoms with Crippen molar-refractivity contribution in [1.82, 2.24) is 15.2 Å². The molecule has 0 spiro atoms. The molecule has 0 aromatic carbocycles. The third kappa shape index (κ3) is 2.60. The summed E-state index contributed by atoms with van der Waals surface area (Å²) in [5.41, 5.74) is 1.27. The highest BCUT2D eigenvalue weighted by molar-refractivity contribution is 5.13. The minimum Gasteiger partial charge on any atom is -0.306 e. The lowest BCUT2D eigenvalue weighted by Crippen LogP contribution is -2.33. The first-order chi connectivity index (χ1) is 7.66. The van der Waals surface area contributed by atoms with E-state index in [0.717, 1.165) is 6.54 Å². The molecular weight excluding hydrogens is 198 g/mol. The van der Waals surface area contributed by atoms with E-state index in [-0.39, 0.29) is 0 Å². The van der Waals surface area contributed by atoms with Crippen LogP contribution in [-0.2, 0) is 0 Å². The molecule has 0 radical (unpaired) electrons. The van der Waals surface area contributed by atoms with Gasteiger partial charge >= 0.3 is 0 Å². The molecule has 0 saturated carbocycles. The van der Waals surface area contributed by atoms with Crippen LogP contribution in [0.4, 0.5) is 0 Å². The highest BCUT2D eigenvalue weighted by Crippen LogP contribution is 2.19. The molecule has 1 aliphatic rings. The van der Waals surface area contributed by atoms with Crippen molar-refractivity contribution in [2.45, 2.75) is 38.4 Å². The Morgan fingerprint density at radius 1 is 1.56 bits per heavy atom. The largest absolute Gasteiger partial charge is 0.306 e. The number of nitrogens with one attached hydrogen (secondary N) is 1. The van der Waals surface area contributed by atoms with Gasteiger partial charge in [-0.15, -0.1) is 0 Å². The van der Waals surface area contributed by atoms with E-state index in [2.05, 4.69) is 42.2 Å². The molecule has 88 valence electrons. The molecule has 3 heteroatoms. The Kier molecular flexibility index (Phi) is 3.56. The van der Waals surface area contributed by atoms with E-state index in [1.54, 1.807) is 0 Å². The molecule has 16 heavy (non-hydrogen) atoms. The second kappa shape index (κ2) is 4.93. The molecule has 0 amide bonds. The average molecular weight is 219 g/mol. The van der Waals surface area contributed by atoms with Gasteiger partial charge in [-0.1, -0.05) is 6.07 Å². The molecule has 1 fully saturated rings. The summed E-state index contributed by atoms with van der Waals surface area (Å²) in [4.78, 5) is 6.57. The zero-order chi connectivity index (χ0) is 11.5. The lowest BCUT2D eigenvalue weighted by molar-refractivity contribution is 0.325. The van der Waals surface area contributed by atoms with Gasteiger partial charge < -0.3 is 10.2 Å². The van der Waals surface area contributed by atoms with E-state index in [0.29, 0.717) is 18.1 Å². The summed E-state index contributed by atoms with van der Waals surface area (Å²) in [6, 6.07) is 5.81. The van der Waals surface area contributed by atoms with Crippen LogP contribution in [0.5, 0.6) is 0 Å². The van der Waals surface area contributed by atoms with Gasteiger partial charge in [0.15, 0.2) is 0 Å². The van der Waals surface area contributed by atoms with Crippen LogP contribution in [-0.4, -0.2) is 35.6 Å².